The molecule has 0 fully saturated rings. The van der Waals surface area contributed by atoms with Crippen LogP contribution in [0.4, 0.5) is 0 Å². The first kappa shape index (κ1) is 9.66. The quantitative estimate of drug-likeness (QED) is 0.688. The zero-order chi connectivity index (χ0) is 10.2. The molecule has 2 rings (SSSR count). The van der Waals surface area contributed by atoms with Gasteiger partial charge in [0.1, 0.15) is 0 Å². The first-order valence-corrected chi connectivity index (χ1v) is 5.75. The molecule has 0 amide bonds. The molecule has 0 radical (unpaired) electrons. The Morgan fingerprint density at radius 3 is 2.79 bits per heavy atom. The summed E-state index contributed by atoms with van der Waals surface area (Å²) < 4.78 is 1.30. The molecule has 2 aromatic rings. The maximum atomic E-state index is 4.27. The predicted octanol–water partition coefficient (Wildman–Crippen LogP) is 3.88. The number of benzene rings is 1. The van der Waals surface area contributed by atoms with Gasteiger partial charge in [-0.05, 0) is 29.5 Å². The Hall–Kier alpha value is -0.890. The molecule has 0 aliphatic rings. The van der Waals surface area contributed by atoms with Crippen molar-refractivity contribution in [3.05, 3.63) is 29.3 Å². The van der Waals surface area contributed by atoms with Crippen LogP contribution >= 0.6 is 11.3 Å². The summed E-state index contributed by atoms with van der Waals surface area (Å²) in [6.07, 6.45) is 1.13. The van der Waals surface area contributed by atoms with Gasteiger partial charge in [-0.3, -0.25) is 0 Å². The molecule has 0 unspecified atom stereocenters. The standard InChI is InChI=1S/C12H15NS/c1-12(2,3)7-9-4-5-10-11(6-9)14-8-13-10/h4-6,8H,7H2,1-3H3. The minimum absolute atomic E-state index is 0.359. The molecule has 0 atom stereocenters. The number of thiazole rings is 1. The molecule has 1 aromatic heterocycles. The summed E-state index contributed by atoms with van der Waals surface area (Å²) in [5, 5.41) is 0. The van der Waals surface area contributed by atoms with Gasteiger partial charge < -0.3 is 0 Å². The van der Waals surface area contributed by atoms with Gasteiger partial charge in [0.15, 0.2) is 0 Å². The molecule has 74 valence electrons. The van der Waals surface area contributed by atoms with E-state index in [0.29, 0.717) is 5.41 Å². The molecule has 0 saturated heterocycles. The van der Waals surface area contributed by atoms with E-state index in [4.69, 9.17) is 0 Å². The van der Waals surface area contributed by atoms with Gasteiger partial charge in [0, 0.05) is 0 Å². The topological polar surface area (TPSA) is 12.9 Å². The van der Waals surface area contributed by atoms with Crippen molar-refractivity contribution in [1.82, 2.24) is 4.98 Å². The van der Waals surface area contributed by atoms with Crippen molar-refractivity contribution in [3.8, 4) is 0 Å². The first-order chi connectivity index (χ1) is 6.54. The normalized spacial score (nSPS) is 12.2. The first-order valence-electron chi connectivity index (χ1n) is 4.87. The smallest absolute Gasteiger partial charge is 0.0812 e. The van der Waals surface area contributed by atoms with Crippen LogP contribution in [0.25, 0.3) is 10.2 Å². The molecule has 0 saturated carbocycles. The molecule has 0 spiro atoms. The monoisotopic (exact) mass is 205 g/mol. The summed E-state index contributed by atoms with van der Waals surface area (Å²) in [7, 11) is 0. The largest absolute Gasteiger partial charge is 0.245 e. The van der Waals surface area contributed by atoms with Gasteiger partial charge in [0.2, 0.25) is 0 Å². The minimum atomic E-state index is 0.359. The summed E-state index contributed by atoms with van der Waals surface area (Å²) in [5.74, 6) is 0. The molecule has 1 aromatic carbocycles. The zero-order valence-corrected chi connectivity index (χ0v) is 9.69. The van der Waals surface area contributed by atoms with E-state index in [1.54, 1.807) is 11.3 Å². The fourth-order valence-electron chi connectivity index (χ4n) is 1.62. The highest BCUT2D eigenvalue weighted by molar-refractivity contribution is 7.16. The molecule has 0 bridgehead atoms. The Labute approximate surface area is 88.8 Å². The van der Waals surface area contributed by atoms with Gasteiger partial charge in [-0.25, -0.2) is 4.98 Å². The van der Waals surface area contributed by atoms with Crippen molar-refractivity contribution < 1.29 is 0 Å². The lowest BCUT2D eigenvalue weighted by atomic mass is 9.88. The lowest BCUT2D eigenvalue weighted by molar-refractivity contribution is 0.411. The van der Waals surface area contributed by atoms with Crippen molar-refractivity contribution in [1.29, 1.82) is 0 Å². The van der Waals surface area contributed by atoms with Crippen LogP contribution in [0.15, 0.2) is 23.7 Å². The Morgan fingerprint density at radius 2 is 2.07 bits per heavy atom. The molecule has 0 N–H and O–H groups in total. The van der Waals surface area contributed by atoms with Gasteiger partial charge in [-0.15, -0.1) is 11.3 Å². The van der Waals surface area contributed by atoms with Crippen molar-refractivity contribution >= 4 is 21.6 Å². The van der Waals surface area contributed by atoms with Crippen LogP contribution in [0.3, 0.4) is 0 Å². The second-order valence-corrected chi connectivity index (χ2v) is 5.78. The van der Waals surface area contributed by atoms with Gasteiger partial charge >= 0.3 is 0 Å². The number of fused-ring (bicyclic) bond motifs is 1. The van der Waals surface area contributed by atoms with Crippen molar-refractivity contribution in [2.75, 3.05) is 0 Å². The van der Waals surface area contributed by atoms with Crippen molar-refractivity contribution in [3.63, 3.8) is 0 Å². The van der Waals surface area contributed by atoms with Gasteiger partial charge in [-0.2, -0.15) is 0 Å². The highest BCUT2D eigenvalue weighted by Crippen LogP contribution is 2.24. The number of nitrogens with zero attached hydrogens (tertiary/aromatic N) is 1. The SMILES string of the molecule is CC(C)(C)Cc1ccc2ncsc2c1. The Balaban J connectivity index is 2.35. The molecular weight excluding hydrogens is 190 g/mol. The number of hydrogen-bond acceptors (Lipinski definition) is 2. The van der Waals surface area contributed by atoms with Crippen LogP contribution in [0, 0.1) is 5.41 Å². The summed E-state index contributed by atoms with van der Waals surface area (Å²) in [5.41, 5.74) is 4.80. The van der Waals surface area contributed by atoms with Crippen LogP contribution in [0.5, 0.6) is 0 Å². The van der Waals surface area contributed by atoms with E-state index >= 15 is 0 Å². The number of hydrogen-bond donors (Lipinski definition) is 0. The van der Waals surface area contributed by atoms with Crippen LogP contribution in [-0.4, -0.2) is 4.98 Å². The highest BCUT2D eigenvalue weighted by atomic mass is 32.1. The zero-order valence-electron chi connectivity index (χ0n) is 8.87. The second-order valence-electron chi connectivity index (χ2n) is 4.89. The molecule has 0 aliphatic carbocycles. The van der Waals surface area contributed by atoms with E-state index in [-0.39, 0.29) is 0 Å². The van der Waals surface area contributed by atoms with E-state index < -0.39 is 0 Å². The number of aromatic nitrogens is 1. The Morgan fingerprint density at radius 1 is 1.29 bits per heavy atom. The van der Waals surface area contributed by atoms with Crippen LogP contribution < -0.4 is 0 Å². The second kappa shape index (κ2) is 3.35. The summed E-state index contributed by atoms with van der Waals surface area (Å²) in [6, 6.07) is 6.57. The van der Waals surface area contributed by atoms with Gasteiger partial charge in [0.25, 0.3) is 0 Å². The third kappa shape index (κ3) is 2.13. The van der Waals surface area contributed by atoms with E-state index in [1.165, 1.54) is 10.3 Å². The highest BCUT2D eigenvalue weighted by Gasteiger charge is 2.11. The van der Waals surface area contributed by atoms with Crippen LogP contribution in [0.2, 0.25) is 0 Å². The molecule has 14 heavy (non-hydrogen) atoms. The van der Waals surface area contributed by atoms with Crippen LogP contribution in [0.1, 0.15) is 26.3 Å². The summed E-state index contributed by atoms with van der Waals surface area (Å²) >= 11 is 1.72. The molecule has 2 heteroatoms. The number of rotatable bonds is 1. The van der Waals surface area contributed by atoms with Gasteiger partial charge in [-0.1, -0.05) is 26.8 Å². The van der Waals surface area contributed by atoms with E-state index in [9.17, 15) is 0 Å². The third-order valence-electron chi connectivity index (χ3n) is 2.13. The van der Waals surface area contributed by atoms with E-state index in [0.717, 1.165) is 11.9 Å². The Bertz CT molecular complexity index is 437. The van der Waals surface area contributed by atoms with E-state index in [2.05, 4.69) is 44.0 Å². The fraction of sp³-hybridized carbons (Fsp3) is 0.417. The maximum Gasteiger partial charge on any atom is 0.0812 e. The maximum absolute atomic E-state index is 4.27. The predicted molar refractivity (Wildman–Crippen MR) is 62.8 cm³/mol. The molecule has 1 nitrogen and oxygen atoms in total. The lowest BCUT2D eigenvalue weighted by Gasteiger charge is -2.17. The molecule has 0 aliphatic heterocycles. The van der Waals surface area contributed by atoms with Crippen LogP contribution in [-0.2, 0) is 6.42 Å². The van der Waals surface area contributed by atoms with Gasteiger partial charge in [0.05, 0.1) is 15.7 Å². The minimum Gasteiger partial charge on any atom is -0.245 e. The molecular formula is C12H15NS. The van der Waals surface area contributed by atoms with Crippen molar-refractivity contribution in [2.24, 2.45) is 5.41 Å². The summed E-state index contributed by atoms with van der Waals surface area (Å²) in [6.45, 7) is 6.80. The molecule has 1 heterocycles. The summed E-state index contributed by atoms with van der Waals surface area (Å²) in [4.78, 5) is 4.27. The van der Waals surface area contributed by atoms with Crippen molar-refractivity contribution in [2.45, 2.75) is 27.2 Å². The lowest BCUT2D eigenvalue weighted by Crippen LogP contribution is -2.08. The average Bonchev–Trinajstić information content (AvgIpc) is 2.47. The fourth-order valence-corrected chi connectivity index (χ4v) is 2.36. The third-order valence-corrected chi connectivity index (χ3v) is 2.92. The van der Waals surface area contributed by atoms with E-state index in [1.807, 2.05) is 5.51 Å². The average molecular weight is 205 g/mol. The Kier molecular flexibility index (Phi) is 2.31.